The molecule has 0 aliphatic carbocycles. The second kappa shape index (κ2) is 7.48. The van der Waals surface area contributed by atoms with Crippen LogP contribution < -0.4 is 5.32 Å². The summed E-state index contributed by atoms with van der Waals surface area (Å²) >= 11 is 3.25. The van der Waals surface area contributed by atoms with Gasteiger partial charge in [0.25, 0.3) is 0 Å². The van der Waals surface area contributed by atoms with Crippen molar-refractivity contribution in [3.05, 3.63) is 66.3 Å². The molecular formula is C17H12IN3O5S. The summed E-state index contributed by atoms with van der Waals surface area (Å²) < 4.78 is 0.959. The van der Waals surface area contributed by atoms with E-state index in [1.54, 1.807) is 7.05 Å². The van der Waals surface area contributed by atoms with Gasteiger partial charge in [0.15, 0.2) is 0 Å². The summed E-state index contributed by atoms with van der Waals surface area (Å²) in [5.74, 6) is -0.157. The number of nitrogens with zero attached hydrogens (tertiary/aromatic N) is 2. The van der Waals surface area contributed by atoms with Gasteiger partial charge in [-0.1, -0.05) is 18.2 Å². The van der Waals surface area contributed by atoms with Crippen molar-refractivity contribution in [1.82, 2.24) is 0 Å². The first-order valence-electron chi connectivity index (χ1n) is 7.56. The van der Waals surface area contributed by atoms with Crippen LogP contribution in [0.3, 0.4) is 0 Å². The number of hydrogen-bond acceptors (Lipinski definition) is 7. The first-order chi connectivity index (χ1) is 12.8. The molecule has 138 valence electrons. The molecule has 0 amide bonds. The maximum Gasteiger partial charge on any atom is 0.354 e. The van der Waals surface area contributed by atoms with Crippen molar-refractivity contribution in [2.45, 2.75) is 0 Å². The Bertz CT molecular complexity index is 1070. The van der Waals surface area contributed by atoms with Gasteiger partial charge in [0, 0.05) is 16.7 Å². The number of aromatic hydroxyl groups is 1. The first kappa shape index (κ1) is 19.0. The molecule has 2 N–H and O–H groups in total. The van der Waals surface area contributed by atoms with Crippen LogP contribution in [0.1, 0.15) is 0 Å². The number of rotatable bonds is 5. The lowest BCUT2D eigenvalue weighted by Gasteiger charge is -2.05. The molecule has 0 aliphatic rings. The molecule has 0 unspecified atom stereocenters. The van der Waals surface area contributed by atoms with E-state index in [-0.39, 0.29) is 16.2 Å². The predicted molar refractivity (Wildman–Crippen MR) is 112 cm³/mol. The number of nitro benzene ring substituents is 2. The van der Waals surface area contributed by atoms with Crippen LogP contribution in [0.15, 0.2) is 42.5 Å². The van der Waals surface area contributed by atoms with E-state index in [4.69, 9.17) is 0 Å². The smallest absolute Gasteiger partial charge is 0.354 e. The Balaban J connectivity index is 2.31. The van der Waals surface area contributed by atoms with Crippen molar-refractivity contribution in [3.63, 3.8) is 0 Å². The lowest BCUT2D eigenvalue weighted by Crippen LogP contribution is -1.98. The molecule has 0 spiro atoms. The standard InChI is InChI=1S/C17H12IN3O5S/c1-19-17-13(9-4-2-5-10(18)8-9)15(22)16(27-17)11-6-3-7-12(20(23)24)14(11)21(25)26/h2-8,19,22H,1H3. The largest absolute Gasteiger partial charge is 0.506 e. The number of anilines is 1. The summed E-state index contributed by atoms with van der Waals surface area (Å²) in [5, 5.41) is 37.2. The molecule has 0 saturated carbocycles. The number of nitrogens with one attached hydrogen (secondary N) is 1. The topological polar surface area (TPSA) is 119 Å². The molecule has 3 aromatic rings. The first-order valence-corrected chi connectivity index (χ1v) is 9.46. The fourth-order valence-corrected chi connectivity index (χ4v) is 4.39. The Morgan fingerprint density at radius 3 is 2.41 bits per heavy atom. The minimum atomic E-state index is -0.800. The average molecular weight is 497 g/mol. The summed E-state index contributed by atoms with van der Waals surface area (Å²) in [4.78, 5) is 21.3. The highest BCUT2D eigenvalue weighted by Gasteiger charge is 2.32. The lowest BCUT2D eigenvalue weighted by atomic mass is 10.0. The van der Waals surface area contributed by atoms with Crippen molar-refractivity contribution in [3.8, 4) is 27.3 Å². The second-order valence-electron chi connectivity index (χ2n) is 5.43. The Morgan fingerprint density at radius 2 is 1.81 bits per heavy atom. The van der Waals surface area contributed by atoms with Crippen LogP contribution in [0.2, 0.25) is 0 Å². The number of hydrogen-bond donors (Lipinski definition) is 2. The highest BCUT2D eigenvalue weighted by Crippen LogP contribution is 2.53. The number of nitro groups is 2. The van der Waals surface area contributed by atoms with Crippen LogP contribution in [0.4, 0.5) is 16.4 Å². The minimum absolute atomic E-state index is 0.00470. The van der Waals surface area contributed by atoms with Gasteiger partial charge < -0.3 is 10.4 Å². The molecule has 10 heteroatoms. The van der Waals surface area contributed by atoms with E-state index in [1.165, 1.54) is 12.1 Å². The monoisotopic (exact) mass is 497 g/mol. The zero-order valence-electron chi connectivity index (χ0n) is 13.8. The molecule has 0 radical (unpaired) electrons. The molecule has 0 saturated heterocycles. The van der Waals surface area contributed by atoms with E-state index >= 15 is 0 Å². The van der Waals surface area contributed by atoms with Crippen molar-refractivity contribution in [2.24, 2.45) is 0 Å². The molecular weight excluding hydrogens is 485 g/mol. The maximum absolute atomic E-state index is 11.5. The summed E-state index contributed by atoms with van der Waals surface area (Å²) in [6.07, 6.45) is 0. The molecule has 2 aromatic carbocycles. The fraction of sp³-hybridized carbons (Fsp3) is 0.0588. The van der Waals surface area contributed by atoms with Gasteiger partial charge in [0.1, 0.15) is 10.8 Å². The predicted octanol–water partition coefficient (Wildman–Crippen LogP) is 5.25. The van der Waals surface area contributed by atoms with Gasteiger partial charge in [-0.15, -0.1) is 11.3 Å². The van der Waals surface area contributed by atoms with Gasteiger partial charge in [0.2, 0.25) is 0 Å². The number of para-hydroxylation sites is 1. The summed E-state index contributed by atoms with van der Waals surface area (Å²) in [6.45, 7) is 0. The van der Waals surface area contributed by atoms with E-state index in [1.807, 2.05) is 24.3 Å². The summed E-state index contributed by atoms with van der Waals surface area (Å²) in [5.41, 5.74) is -0.0238. The van der Waals surface area contributed by atoms with Gasteiger partial charge in [-0.25, -0.2) is 0 Å². The molecule has 8 nitrogen and oxygen atoms in total. The third-order valence-corrected chi connectivity index (χ3v) is 5.76. The third kappa shape index (κ3) is 3.45. The molecule has 3 rings (SSSR count). The normalized spacial score (nSPS) is 10.6. The van der Waals surface area contributed by atoms with Crippen LogP contribution in [-0.2, 0) is 0 Å². The Hall–Kier alpha value is -2.73. The van der Waals surface area contributed by atoms with Crippen LogP contribution >= 0.6 is 33.9 Å². The number of benzene rings is 2. The number of halogens is 1. The van der Waals surface area contributed by atoms with E-state index < -0.39 is 21.2 Å². The quantitative estimate of drug-likeness (QED) is 0.282. The SMILES string of the molecule is CNc1sc(-c2cccc([N+](=O)[O-])c2[N+](=O)[O-])c(O)c1-c1cccc(I)c1. The number of thiophene rings is 1. The Kier molecular flexibility index (Phi) is 5.28. The van der Waals surface area contributed by atoms with Crippen molar-refractivity contribution in [1.29, 1.82) is 0 Å². The zero-order valence-corrected chi connectivity index (χ0v) is 16.8. The highest BCUT2D eigenvalue weighted by atomic mass is 127. The average Bonchev–Trinajstić information content (AvgIpc) is 2.97. The van der Waals surface area contributed by atoms with Crippen LogP contribution in [0.25, 0.3) is 21.6 Å². The van der Waals surface area contributed by atoms with E-state index in [2.05, 4.69) is 27.9 Å². The zero-order chi connectivity index (χ0) is 19.7. The van der Waals surface area contributed by atoms with E-state index in [9.17, 15) is 25.3 Å². The minimum Gasteiger partial charge on any atom is -0.506 e. The molecule has 0 aliphatic heterocycles. The van der Waals surface area contributed by atoms with Crippen LogP contribution in [0.5, 0.6) is 5.75 Å². The van der Waals surface area contributed by atoms with Gasteiger partial charge in [0.05, 0.1) is 25.9 Å². The second-order valence-corrected chi connectivity index (χ2v) is 7.70. The van der Waals surface area contributed by atoms with Gasteiger partial charge in [-0.3, -0.25) is 20.2 Å². The highest BCUT2D eigenvalue weighted by molar-refractivity contribution is 14.1. The Labute approximate surface area is 170 Å². The summed E-state index contributed by atoms with van der Waals surface area (Å²) in [7, 11) is 1.67. The lowest BCUT2D eigenvalue weighted by molar-refractivity contribution is -0.422. The van der Waals surface area contributed by atoms with Gasteiger partial charge >= 0.3 is 11.4 Å². The maximum atomic E-state index is 11.5. The molecule has 0 fully saturated rings. The fourth-order valence-electron chi connectivity index (χ4n) is 2.75. The summed E-state index contributed by atoms with van der Waals surface area (Å²) in [6, 6.07) is 11.3. The van der Waals surface area contributed by atoms with Crippen molar-refractivity contribution in [2.75, 3.05) is 12.4 Å². The third-order valence-electron chi connectivity index (χ3n) is 3.86. The van der Waals surface area contributed by atoms with E-state index in [0.717, 1.165) is 26.5 Å². The molecule has 1 aromatic heterocycles. The van der Waals surface area contributed by atoms with Gasteiger partial charge in [-0.05, 0) is 46.4 Å². The van der Waals surface area contributed by atoms with Crippen molar-refractivity contribution < 1.29 is 15.0 Å². The molecule has 27 heavy (non-hydrogen) atoms. The van der Waals surface area contributed by atoms with Gasteiger partial charge in [-0.2, -0.15) is 0 Å². The van der Waals surface area contributed by atoms with Crippen LogP contribution in [-0.4, -0.2) is 22.0 Å². The molecule has 0 bridgehead atoms. The molecule has 0 atom stereocenters. The van der Waals surface area contributed by atoms with E-state index in [0.29, 0.717) is 10.6 Å². The van der Waals surface area contributed by atoms with Crippen molar-refractivity contribution >= 4 is 50.3 Å². The van der Waals surface area contributed by atoms with Crippen LogP contribution in [0, 0.1) is 23.8 Å². The molecule has 1 heterocycles. The Morgan fingerprint density at radius 1 is 1.11 bits per heavy atom.